The van der Waals surface area contributed by atoms with Gasteiger partial charge in [0.15, 0.2) is 0 Å². The molecule has 0 aromatic carbocycles. The van der Waals surface area contributed by atoms with Crippen molar-refractivity contribution in [2.45, 2.75) is 39.2 Å². The number of amides is 1. The Hall–Kier alpha value is -2.02. The molecule has 1 fully saturated rings. The third-order valence-electron chi connectivity index (χ3n) is 4.38. The first-order valence-electron chi connectivity index (χ1n) is 8.64. The van der Waals surface area contributed by atoms with E-state index in [1.54, 1.807) is 6.20 Å². The molecule has 0 aliphatic carbocycles. The number of aromatic nitrogens is 2. The monoisotopic (exact) mass is 360 g/mol. The van der Waals surface area contributed by atoms with E-state index < -0.39 is 0 Å². The van der Waals surface area contributed by atoms with Crippen molar-refractivity contribution in [2.75, 3.05) is 23.4 Å². The predicted molar refractivity (Wildman–Crippen MR) is 100 cm³/mol. The van der Waals surface area contributed by atoms with Gasteiger partial charge in [0.25, 0.3) is 5.91 Å². The van der Waals surface area contributed by atoms with Gasteiger partial charge in [-0.15, -0.1) is 0 Å². The van der Waals surface area contributed by atoms with Gasteiger partial charge in [0.1, 0.15) is 11.6 Å². The third-order valence-corrected chi connectivity index (χ3v) is 5.54. The average Bonchev–Trinajstić information content (AvgIpc) is 3.23. The average molecular weight is 360 g/mol. The van der Waals surface area contributed by atoms with Gasteiger partial charge >= 0.3 is 0 Å². The fraction of sp³-hybridized carbons (Fsp3) is 0.500. The van der Waals surface area contributed by atoms with Crippen molar-refractivity contribution in [1.82, 2.24) is 15.5 Å². The molecule has 0 unspecified atom stereocenters. The van der Waals surface area contributed by atoms with Gasteiger partial charge in [-0.2, -0.15) is 11.8 Å². The molecule has 1 saturated heterocycles. The van der Waals surface area contributed by atoms with Crippen LogP contribution in [0.15, 0.2) is 22.9 Å². The van der Waals surface area contributed by atoms with E-state index >= 15 is 0 Å². The lowest BCUT2D eigenvalue weighted by Gasteiger charge is -2.12. The lowest BCUT2D eigenvalue weighted by molar-refractivity contribution is 0.0953. The van der Waals surface area contributed by atoms with Crippen LogP contribution in [-0.2, 0) is 6.42 Å². The molecule has 0 saturated carbocycles. The second-order valence-corrected chi connectivity index (χ2v) is 7.45. The number of hydrogen-bond donors (Lipinski definition) is 2. The van der Waals surface area contributed by atoms with E-state index in [1.165, 1.54) is 12.2 Å². The van der Waals surface area contributed by atoms with E-state index in [2.05, 4.69) is 20.8 Å². The quantitative estimate of drug-likeness (QED) is 0.739. The summed E-state index contributed by atoms with van der Waals surface area (Å²) in [6.45, 7) is 4.47. The molecule has 0 spiro atoms. The zero-order chi connectivity index (χ0) is 17.6. The van der Waals surface area contributed by atoms with Crippen LogP contribution in [0.5, 0.6) is 0 Å². The number of pyridine rings is 1. The molecule has 1 aliphatic heterocycles. The summed E-state index contributed by atoms with van der Waals surface area (Å²) >= 11 is 1.96. The van der Waals surface area contributed by atoms with E-state index in [-0.39, 0.29) is 5.91 Å². The molecular formula is C18H24N4O2S. The van der Waals surface area contributed by atoms with Crippen LogP contribution in [0.2, 0.25) is 0 Å². The molecule has 2 N–H and O–H groups in total. The predicted octanol–water partition coefficient (Wildman–Crippen LogP) is 2.97. The maximum absolute atomic E-state index is 12.2. The molecule has 3 heterocycles. The Morgan fingerprint density at radius 1 is 1.40 bits per heavy atom. The second kappa shape index (κ2) is 8.38. The normalized spacial score (nSPS) is 16.8. The molecule has 2 aromatic heterocycles. The molecule has 134 valence electrons. The molecule has 3 rings (SSSR count). The standard InChI is InChI=1S/C18H24N4O2S/c1-12-16(13(2)24-22-12)4-3-8-19-18(23)14-5-6-17(20-10-14)21-15-7-9-25-11-15/h5-6,10,15H,3-4,7-9,11H2,1-2H3,(H,19,23)(H,20,21)/t15-/m1/s1. The topological polar surface area (TPSA) is 80.0 Å². The van der Waals surface area contributed by atoms with Crippen LogP contribution in [0.25, 0.3) is 0 Å². The van der Waals surface area contributed by atoms with Crippen LogP contribution in [-0.4, -0.2) is 40.1 Å². The number of rotatable bonds is 7. The van der Waals surface area contributed by atoms with E-state index in [4.69, 9.17) is 4.52 Å². The molecule has 2 aromatic rings. The van der Waals surface area contributed by atoms with Crippen LogP contribution in [0.4, 0.5) is 5.82 Å². The number of nitrogens with zero attached hydrogens (tertiary/aromatic N) is 2. The minimum Gasteiger partial charge on any atom is -0.366 e. The lowest BCUT2D eigenvalue weighted by atomic mass is 10.1. The van der Waals surface area contributed by atoms with Gasteiger partial charge in [-0.05, 0) is 51.0 Å². The van der Waals surface area contributed by atoms with Crippen LogP contribution in [0.3, 0.4) is 0 Å². The summed E-state index contributed by atoms with van der Waals surface area (Å²) in [5.74, 6) is 3.93. The van der Waals surface area contributed by atoms with E-state index in [9.17, 15) is 4.79 Å². The number of anilines is 1. The summed E-state index contributed by atoms with van der Waals surface area (Å²) in [4.78, 5) is 16.5. The summed E-state index contributed by atoms with van der Waals surface area (Å²) in [7, 11) is 0. The van der Waals surface area contributed by atoms with E-state index in [1.807, 2.05) is 37.7 Å². The first-order chi connectivity index (χ1) is 12.1. The summed E-state index contributed by atoms with van der Waals surface area (Å²) < 4.78 is 5.15. The molecule has 6 nitrogen and oxygen atoms in total. The molecular weight excluding hydrogens is 336 g/mol. The summed E-state index contributed by atoms with van der Waals surface area (Å²) in [6.07, 6.45) is 4.50. The first-order valence-corrected chi connectivity index (χ1v) is 9.79. The fourth-order valence-electron chi connectivity index (χ4n) is 2.90. The number of thioether (sulfide) groups is 1. The van der Waals surface area contributed by atoms with Crippen LogP contribution >= 0.6 is 11.8 Å². The Labute approximate surface area is 152 Å². The zero-order valence-electron chi connectivity index (χ0n) is 14.7. The number of carbonyl (C=O) groups excluding carboxylic acids is 1. The fourth-order valence-corrected chi connectivity index (χ4v) is 4.05. The SMILES string of the molecule is Cc1noc(C)c1CCCNC(=O)c1ccc(N[C@@H]2CCSC2)nc1. The van der Waals surface area contributed by atoms with Crippen molar-refractivity contribution in [3.8, 4) is 0 Å². The van der Waals surface area contributed by atoms with Crippen LogP contribution < -0.4 is 10.6 Å². The summed E-state index contributed by atoms with van der Waals surface area (Å²) in [5, 5.41) is 10.3. The lowest BCUT2D eigenvalue weighted by Crippen LogP contribution is -2.25. The van der Waals surface area contributed by atoms with Crippen molar-refractivity contribution < 1.29 is 9.32 Å². The maximum atomic E-state index is 12.2. The van der Waals surface area contributed by atoms with E-state index in [0.29, 0.717) is 18.2 Å². The zero-order valence-corrected chi connectivity index (χ0v) is 15.5. The van der Waals surface area contributed by atoms with Crippen molar-refractivity contribution >= 4 is 23.5 Å². The maximum Gasteiger partial charge on any atom is 0.252 e. The summed E-state index contributed by atoms with van der Waals surface area (Å²) in [5.41, 5.74) is 2.65. The Kier molecular flexibility index (Phi) is 5.96. The molecule has 1 aliphatic rings. The highest BCUT2D eigenvalue weighted by molar-refractivity contribution is 7.99. The first kappa shape index (κ1) is 17.8. The molecule has 1 atom stereocenters. The van der Waals surface area contributed by atoms with Gasteiger partial charge in [0, 0.05) is 30.1 Å². The Morgan fingerprint density at radius 3 is 2.92 bits per heavy atom. The Balaban J connectivity index is 1.43. The molecule has 0 radical (unpaired) electrons. The molecule has 25 heavy (non-hydrogen) atoms. The highest BCUT2D eigenvalue weighted by Gasteiger charge is 2.15. The third kappa shape index (κ3) is 4.75. The molecule has 1 amide bonds. The van der Waals surface area contributed by atoms with E-state index in [0.717, 1.165) is 41.4 Å². The van der Waals surface area contributed by atoms with Gasteiger partial charge < -0.3 is 15.2 Å². The van der Waals surface area contributed by atoms with Gasteiger partial charge in [-0.25, -0.2) is 4.98 Å². The number of carbonyl (C=O) groups is 1. The van der Waals surface area contributed by atoms with Crippen LogP contribution in [0, 0.1) is 13.8 Å². The van der Waals surface area contributed by atoms with Crippen molar-refractivity contribution in [3.63, 3.8) is 0 Å². The van der Waals surface area contributed by atoms with Crippen molar-refractivity contribution in [1.29, 1.82) is 0 Å². The highest BCUT2D eigenvalue weighted by Crippen LogP contribution is 2.20. The minimum absolute atomic E-state index is 0.0887. The van der Waals surface area contributed by atoms with Gasteiger partial charge in [-0.1, -0.05) is 5.16 Å². The van der Waals surface area contributed by atoms with Crippen molar-refractivity contribution in [3.05, 3.63) is 40.9 Å². The summed E-state index contributed by atoms with van der Waals surface area (Å²) in [6, 6.07) is 4.18. The van der Waals surface area contributed by atoms with Gasteiger partial charge in [-0.3, -0.25) is 4.79 Å². The molecule has 7 heteroatoms. The van der Waals surface area contributed by atoms with Crippen LogP contribution in [0.1, 0.15) is 40.2 Å². The Bertz CT molecular complexity index is 689. The second-order valence-electron chi connectivity index (χ2n) is 6.30. The van der Waals surface area contributed by atoms with Gasteiger partial charge in [0.2, 0.25) is 0 Å². The molecule has 0 bridgehead atoms. The largest absolute Gasteiger partial charge is 0.366 e. The number of aryl methyl sites for hydroxylation is 2. The highest BCUT2D eigenvalue weighted by atomic mass is 32.2. The smallest absolute Gasteiger partial charge is 0.252 e. The number of nitrogens with one attached hydrogen (secondary N) is 2. The number of hydrogen-bond acceptors (Lipinski definition) is 6. The minimum atomic E-state index is -0.0887. The van der Waals surface area contributed by atoms with Gasteiger partial charge in [0.05, 0.1) is 11.3 Å². The van der Waals surface area contributed by atoms with Crippen molar-refractivity contribution in [2.24, 2.45) is 0 Å². The Morgan fingerprint density at radius 2 is 2.28 bits per heavy atom.